The van der Waals surface area contributed by atoms with E-state index in [0.29, 0.717) is 12.5 Å². The lowest BCUT2D eigenvalue weighted by molar-refractivity contribution is 0.436. The van der Waals surface area contributed by atoms with E-state index in [1.807, 2.05) is 6.92 Å². The zero-order chi connectivity index (χ0) is 11.9. The number of nitrogens with one attached hydrogen (secondary N) is 1. The number of hydrogen-bond donors (Lipinski definition) is 2. The molecule has 0 aliphatic carbocycles. The van der Waals surface area contributed by atoms with Crippen LogP contribution in [-0.2, 0) is 10.1 Å². The lowest BCUT2D eigenvalue weighted by Gasteiger charge is -2.14. The van der Waals surface area contributed by atoms with Gasteiger partial charge in [-0.25, -0.2) is 0 Å². The van der Waals surface area contributed by atoms with Crippen molar-refractivity contribution >= 4 is 10.1 Å². The molecule has 5 heteroatoms. The molecule has 4 nitrogen and oxygen atoms in total. The van der Waals surface area contributed by atoms with Crippen molar-refractivity contribution in [3.8, 4) is 0 Å². The highest BCUT2D eigenvalue weighted by atomic mass is 32.2. The van der Waals surface area contributed by atoms with Crippen LogP contribution in [0.1, 0.15) is 33.6 Å². The van der Waals surface area contributed by atoms with Crippen molar-refractivity contribution in [3.63, 3.8) is 0 Å². The zero-order valence-electron chi connectivity index (χ0n) is 9.86. The molecule has 0 aliphatic heterocycles. The lowest BCUT2D eigenvalue weighted by atomic mass is 10.1. The van der Waals surface area contributed by atoms with E-state index in [1.165, 1.54) is 12.8 Å². The summed E-state index contributed by atoms with van der Waals surface area (Å²) in [5.41, 5.74) is 0. The quantitative estimate of drug-likeness (QED) is 0.628. The lowest BCUT2D eigenvalue weighted by Crippen LogP contribution is -2.29. The molecule has 0 aromatic heterocycles. The van der Waals surface area contributed by atoms with E-state index in [0.717, 1.165) is 6.54 Å². The molecule has 0 fully saturated rings. The minimum atomic E-state index is -3.82. The molecule has 15 heavy (non-hydrogen) atoms. The first kappa shape index (κ1) is 14.9. The van der Waals surface area contributed by atoms with Gasteiger partial charge in [0, 0.05) is 0 Å². The SMILES string of the molecule is CCCC(C)CNCC(C)CS(=O)(=O)O. The van der Waals surface area contributed by atoms with Gasteiger partial charge < -0.3 is 5.32 Å². The minimum absolute atomic E-state index is 0.0474. The van der Waals surface area contributed by atoms with Crippen LogP contribution in [0.5, 0.6) is 0 Å². The molecular weight excluding hydrogens is 214 g/mol. The van der Waals surface area contributed by atoms with Crippen molar-refractivity contribution in [3.05, 3.63) is 0 Å². The van der Waals surface area contributed by atoms with Gasteiger partial charge in [0.25, 0.3) is 10.1 Å². The molecule has 0 rings (SSSR count). The fourth-order valence-corrected chi connectivity index (χ4v) is 2.43. The van der Waals surface area contributed by atoms with E-state index in [4.69, 9.17) is 4.55 Å². The predicted molar refractivity (Wildman–Crippen MR) is 62.5 cm³/mol. The molecule has 92 valence electrons. The van der Waals surface area contributed by atoms with Gasteiger partial charge in [0.15, 0.2) is 0 Å². The van der Waals surface area contributed by atoms with Gasteiger partial charge in [-0.2, -0.15) is 8.42 Å². The van der Waals surface area contributed by atoms with Gasteiger partial charge >= 0.3 is 0 Å². The van der Waals surface area contributed by atoms with Crippen LogP contribution in [0, 0.1) is 11.8 Å². The zero-order valence-corrected chi connectivity index (χ0v) is 10.7. The molecule has 0 bridgehead atoms. The van der Waals surface area contributed by atoms with Crippen molar-refractivity contribution in [2.45, 2.75) is 33.6 Å². The van der Waals surface area contributed by atoms with E-state index >= 15 is 0 Å². The van der Waals surface area contributed by atoms with E-state index < -0.39 is 10.1 Å². The summed E-state index contributed by atoms with van der Waals surface area (Å²) < 4.78 is 29.8. The monoisotopic (exact) mass is 237 g/mol. The summed E-state index contributed by atoms with van der Waals surface area (Å²) in [6, 6.07) is 0. The highest BCUT2D eigenvalue weighted by Crippen LogP contribution is 2.03. The molecule has 2 atom stereocenters. The van der Waals surface area contributed by atoms with Gasteiger partial charge in [0.2, 0.25) is 0 Å². The maximum Gasteiger partial charge on any atom is 0.265 e. The van der Waals surface area contributed by atoms with Crippen molar-refractivity contribution in [2.75, 3.05) is 18.8 Å². The Morgan fingerprint density at radius 3 is 2.20 bits per heavy atom. The van der Waals surface area contributed by atoms with E-state index in [9.17, 15) is 8.42 Å². The van der Waals surface area contributed by atoms with E-state index in [2.05, 4.69) is 19.2 Å². The first-order chi connectivity index (χ1) is 6.85. The van der Waals surface area contributed by atoms with Gasteiger partial charge in [-0.1, -0.05) is 27.2 Å². The summed E-state index contributed by atoms with van der Waals surface area (Å²) in [6.07, 6.45) is 2.35. The summed E-state index contributed by atoms with van der Waals surface area (Å²) in [4.78, 5) is 0. The Hall–Kier alpha value is -0.130. The van der Waals surface area contributed by atoms with Crippen molar-refractivity contribution in [1.29, 1.82) is 0 Å². The van der Waals surface area contributed by atoms with Crippen LogP contribution in [0.25, 0.3) is 0 Å². The number of hydrogen-bond acceptors (Lipinski definition) is 3. The predicted octanol–water partition coefficient (Wildman–Crippen LogP) is 1.54. The van der Waals surface area contributed by atoms with Crippen molar-refractivity contribution in [2.24, 2.45) is 11.8 Å². The largest absolute Gasteiger partial charge is 0.316 e. The maximum absolute atomic E-state index is 10.6. The molecule has 0 aliphatic rings. The normalized spacial score (nSPS) is 16.3. The molecule has 0 saturated carbocycles. The molecule has 0 spiro atoms. The fourth-order valence-electron chi connectivity index (χ4n) is 1.59. The Balaban J connectivity index is 3.59. The first-order valence-corrected chi connectivity index (χ1v) is 7.12. The maximum atomic E-state index is 10.6. The highest BCUT2D eigenvalue weighted by Gasteiger charge is 2.12. The molecule has 2 N–H and O–H groups in total. The molecule has 0 saturated heterocycles. The molecule has 0 radical (unpaired) electrons. The highest BCUT2D eigenvalue weighted by molar-refractivity contribution is 7.85. The van der Waals surface area contributed by atoms with Crippen molar-refractivity contribution < 1.29 is 13.0 Å². The van der Waals surface area contributed by atoms with E-state index in [-0.39, 0.29) is 11.7 Å². The van der Waals surface area contributed by atoms with Gasteiger partial charge in [0.1, 0.15) is 0 Å². The average molecular weight is 237 g/mol. The molecule has 0 aromatic rings. The molecule has 0 aromatic carbocycles. The summed E-state index contributed by atoms with van der Waals surface area (Å²) >= 11 is 0. The van der Waals surface area contributed by atoms with E-state index in [1.54, 1.807) is 0 Å². The van der Waals surface area contributed by atoms with Gasteiger partial charge in [0.05, 0.1) is 5.75 Å². The van der Waals surface area contributed by atoms with Crippen LogP contribution in [0.2, 0.25) is 0 Å². The van der Waals surface area contributed by atoms with Gasteiger partial charge in [-0.15, -0.1) is 0 Å². The second kappa shape index (κ2) is 7.19. The van der Waals surface area contributed by atoms with Crippen LogP contribution in [0.4, 0.5) is 0 Å². The molecule has 0 heterocycles. The Labute approximate surface area is 93.2 Å². The van der Waals surface area contributed by atoms with Crippen molar-refractivity contribution in [1.82, 2.24) is 5.32 Å². The first-order valence-electron chi connectivity index (χ1n) is 5.51. The van der Waals surface area contributed by atoms with Crippen LogP contribution < -0.4 is 5.32 Å². The number of rotatable bonds is 8. The Bertz CT molecular complexity index is 251. The van der Waals surface area contributed by atoms with Crippen LogP contribution in [-0.4, -0.2) is 31.8 Å². The average Bonchev–Trinajstić information content (AvgIpc) is 2.00. The standard InChI is InChI=1S/C10H23NO3S/c1-4-5-9(2)6-11-7-10(3)8-15(12,13)14/h9-11H,4-8H2,1-3H3,(H,12,13,14). The smallest absolute Gasteiger partial charge is 0.265 e. The third-order valence-corrected chi connectivity index (χ3v) is 3.25. The van der Waals surface area contributed by atoms with Gasteiger partial charge in [-0.3, -0.25) is 4.55 Å². The second-order valence-corrected chi connectivity index (χ2v) is 5.90. The Morgan fingerprint density at radius 1 is 1.20 bits per heavy atom. The third-order valence-electron chi connectivity index (χ3n) is 2.26. The summed E-state index contributed by atoms with van der Waals surface area (Å²) in [5, 5.41) is 3.22. The Kier molecular flexibility index (Phi) is 7.13. The molecule has 2 unspecified atom stereocenters. The molecule has 0 amide bonds. The summed E-state index contributed by atoms with van der Waals surface area (Å²) in [6.45, 7) is 7.67. The second-order valence-electron chi connectivity index (χ2n) is 4.41. The van der Waals surface area contributed by atoms with Crippen LogP contribution in [0.15, 0.2) is 0 Å². The topological polar surface area (TPSA) is 66.4 Å². The minimum Gasteiger partial charge on any atom is -0.316 e. The molecular formula is C10H23NO3S. The summed E-state index contributed by atoms with van der Waals surface area (Å²) in [7, 11) is -3.82. The van der Waals surface area contributed by atoms with Gasteiger partial charge in [-0.05, 0) is 31.3 Å². The van der Waals surface area contributed by atoms with Crippen LogP contribution in [0.3, 0.4) is 0 Å². The Morgan fingerprint density at radius 2 is 1.73 bits per heavy atom. The van der Waals surface area contributed by atoms with Crippen LogP contribution >= 0.6 is 0 Å². The third kappa shape index (κ3) is 10.2. The fraction of sp³-hybridized carbons (Fsp3) is 1.00. The summed E-state index contributed by atoms with van der Waals surface area (Å²) in [5.74, 6) is 0.407.